The van der Waals surface area contributed by atoms with E-state index in [1.165, 1.54) is 12.1 Å². The van der Waals surface area contributed by atoms with Crippen LogP contribution >= 0.6 is 0 Å². The molecule has 7 nitrogen and oxygen atoms in total. The van der Waals surface area contributed by atoms with E-state index in [-0.39, 0.29) is 17.1 Å². The summed E-state index contributed by atoms with van der Waals surface area (Å²) in [5, 5.41) is 14.0. The van der Waals surface area contributed by atoms with Crippen molar-refractivity contribution < 1.29 is 13.3 Å². The minimum absolute atomic E-state index is 0.102. The Kier molecular flexibility index (Phi) is 4.94. The molecule has 0 amide bonds. The van der Waals surface area contributed by atoms with Crippen molar-refractivity contribution in [2.24, 2.45) is 0 Å². The lowest BCUT2D eigenvalue weighted by Gasteiger charge is -2.16. The van der Waals surface area contributed by atoms with Crippen LogP contribution in [0.2, 0.25) is 0 Å². The van der Waals surface area contributed by atoms with E-state index in [4.69, 9.17) is 0 Å². The minimum atomic E-state index is -3.70. The molecular formula is C14H19N3O4S. The molecule has 1 aromatic carbocycles. The highest BCUT2D eigenvalue weighted by Gasteiger charge is 2.22. The second-order valence-corrected chi connectivity index (χ2v) is 7.01. The largest absolute Gasteiger partial charge is 0.313 e. The Balaban J connectivity index is 2.25. The molecule has 120 valence electrons. The molecule has 8 heteroatoms. The van der Waals surface area contributed by atoms with Crippen LogP contribution in [0.25, 0.3) is 0 Å². The van der Waals surface area contributed by atoms with Gasteiger partial charge < -0.3 is 5.32 Å². The van der Waals surface area contributed by atoms with Crippen molar-refractivity contribution in [1.82, 2.24) is 10.0 Å². The Hall–Kier alpha value is -1.77. The van der Waals surface area contributed by atoms with Crippen molar-refractivity contribution >= 4 is 15.7 Å². The fourth-order valence-corrected chi connectivity index (χ4v) is 4.03. The Bertz CT molecular complexity index is 703. The summed E-state index contributed by atoms with van der Waals surface area (Å²) in [5.41, 5.74) is 1.69. The molecule has 22 heavy (non-hydrogen) atoms. The van der Waals surface area contributed by atoms with Crippen molar-refractivity contribution in [1.29, 1.82) is 0 Å². The summed E-state index contributed by atoms with van der Waals surface area (Å²) in [4.78, 5) is 10.4. The summed E-state index contributed by atoms with van der Waals surface area (Å²) >= 11 is 0. The first-order valence-electron chi connectivity index (χ1n) is 6.95. The number of hydrogen-bond acceptors (Lipinski definition) is 5. The molecule has 0 saturated heterocycles. The number of sulfonamides is 1. The average Bonchev–Trinajstić information content (AvgIpc) is 2.45. The maximum atomic E-state index is 12.5. The maximum absolute atomic E-state index is 12.5. The lowest BCUT2D eigenvalue weighted by molar-refractivity contribution is -0.385. The first-order chi connectivity index (χ1) is 10.3. The lowest BCUT2D eigenvalue weighted by atomic mass is 10.1. The summed E-state index contributed by atoms with van der Waals surface area (Å²) in [6.45, 7) is 4.98. The van der Waals surface area contributed by atoms with Crippen molar-refractivity contribution in [2.45, 2.75) is 25.2 Å². The van der Waals surface area contributed by atoms with Crippen LogP contribution in [0.1, 0.15) is 17.5 Å². The number of non-ortho nitro benzene ring substituents is 1. The summed E-state index contributed by atoms with van der Waals surface area (Å²) in [5.74, 6) is 0. The third-order valence-corrected chi connectivity index (χ3v) is 5.28. The first-order valence-corrected chi connectivity index (χ1v) is 8.43. The van der Waals surface area contributed by atoms with Gasteiger partial charge in [0.2, 0.25) is 10.0 Å². The maximum Gasteiger partial charge on any atom is 0.270 e. The van der Waals surface area contributed by atoms with Gasteiger partial charge in [-0.15, -0.1) is 0 Å². The first kappa shape index (κ1) is 16.6. The third-order valence-electron chi connectivity index (χ3n) is 3.57. The molecule has 1 aromatic rings. The highest BCUT2D eigenvalue weighted by Crippen LogP contribution is 2.25. The van der Waals surface area contributed by atoms with Crippen LogP contribution in [-0.4, -0.2) is 33.0 Å². The van der Waals surface area contributed by atoms with E-state index >= 15 is 0 Å². The monoisotopic (exact) mass is 325 g/mol. The van der Waals surface area contributed by atoms with Crippen LogP contribution in [0.4, 0.5) is 5.69 Å². The molecule has 0 unspecified atom stereocenters. The molecule has 1 aliphatic rings. The Morgan fingerprint density at radius 1 is 1.32 bits per heavy atom. The van der Waals surface area contributed by atoms with Crippen LogP contribution in [-0.2, 0) is 10.0 Å². The van der Waals surface area contributed by atoms with Gasteiger partial charge in [0.1, 0.15) is 0 Å². The molecular weight excluding hydrogens is 306 g/mol. The molecule has 0 saturated carbocycles. The van der Waals surface area contributed by atoms with E-state index in [0.717, 1.165) is 25.1 Å². The zero-order valence-electron chi connectivity index (χ0n) is 12.5. The predicted molar refractivity (Wildman–Crippen MR) is 83.3 cm³/mol. The number of nitro groups is 1. The van der Waals surface area contributed by atoms with Gasteiger partial charge >= 0.3 is 0 Å². The van der Waals surface area contributed by atoms with E-state index in [1.54, 1.807) is 13.8 Å². The van der Waals surface area contributed by atoms with E-state index in [9.17, 15) is 18.5 Å². The SMILES string of the molecule is Cc1cc([N+](=O)[O-])cc(C)c1S(=O)(=O)NCC1=CCNCC1. The molecule has 1 aliphatic heterocycles. The molecule has 0 radical (unpaired) electrons. The number of nitrogens with one attached hydrogen (secondary N) is 2. The molecule has 2 rings (SSSR count). The van der Waals surface area contributed by atoms with Crippen LogP contribution in [0.5, 0.6) is 0 Å². The van der Waals surface area contributed by atoms with Gasteiger partial charge in [-0.3, -0.25) is 10.1 Å². The second-order valence-electron chi connectivity index (χ2n) is 5.31. The van der Waals surface area contributed by atoms with Crippen molar-refractivity contribution in [3.8, 4) is 0 Å². The Morgan fingerprint density at radius 3 is 2.45 bits per heavy atom. The Morgan fingerprint density at radius 2 is 1.95 bits per heavy atom. The fraction of sp³-hybridized carbons (Fsp3) is 0.429. The van der Waals surface area contributed by atoms with Gasteiger partial charge in [-0.1, -0.05) is 11.6 Å². The molecule has 2 N–H and O–H groups in total. The molecule has 0 aromatic heterocycles. The molecule has 0 bridgehead atoms. The number of rotatable bonds is 5. The predicted octanol–water partition coefficient (Wildman–Crippen LogP) is 1.41. The van der Waals surface area contributed by atoms with Gasteiger partial charge in [0.15, 0.2) is 0 Å². The molecule has 1 heterocycles. The van der Waals surface area contributed by atoms with Crippen LogP contribution < -0.4 is 10.0 Å². The summed E-state index contributed by atoms with van der Waals surface area (Å²) in [6, 6.07) is 2.57. The average molecular weight is 325 g/mol. The highest BCUT2D eigenvalue weighted by atomic mass is 32.2. The van der Waals surface area contributed by atoms with Crippen LogP contribution in [0.3, 0.4) is 0 Å². The quantitative estimate of drug-likeness (QED) is 0.484. The van der Waals surface area contributed by atoms with Gasteiger partial charge in [0.25, 0.3) is 5.69 Å². The van der Waals surface area contributed by atoms with Crippen molar-refractivity contribution in [3.05, 3.63) is 45.0 Å². The van der Waals surface area contributed by atoms with E-state index in [0.29, 0.717) is 11.1 Å². The van der Waals surface area contributed by atoms with Crippen LogP contribution in [0, 0.1) is 24.0 Å². The molecule has 0 spiro atoms. The number of nitro benzene ring substituents is 1. The van der Waals surface area contributed by atoms with E-state index < -0.39 is 14.9 Å². The fourth-order valence-electron chi connectivity index (χ4n) is 2.55. The minimum Gasteiger partial charge on any atom is -0.313 e. The number of nitrogens with zero attached hydrogens (tertiary/aromatic N) is 1. The van der Waals surface area contributed by atoms with E-state index in [1.807, 2.05) is 6.08 Å². The van der Waals surface area contributed by atoms with E-state index in [2.05, 4.69) is 10.0 Å². The zero-order valence-corrected chi connectivity index (χ0v) is 13.4. The number of hydrogen-bond donors (Lipinski definition) is 2. The number of benzene rings is 1. The lowest BCUT2D eigenvalue weighted by Crippen LogP contribution is -2.30. The van der Waals surface area contributed by atoms with Crippen LogP contribution in [0.15, 0.2) is 28.7 Å². The van der Waals surface area contributed by atoms with Gasteiger partial charge in [-0.2, -0.15) is 0 Å². The molecule has 0 aliphatic carbocycles. The topological polar surface area (TPSA) is 101 Å². The third kappa shape index (κ3) is 3.70. The zero-order chi connectivity index (χ0) is 16.3. The highest BCUT2D eigenvalue weighted by molar-refractivity contribution is 7.89. The van der Waals surface area contributed by atoms with Gasteiger partial charge in [-0.05, 0) is 37.9 Å². The Labute approximate surface area is 129 Å². The second kappa shape index (κ2) is 6.55. The van der Waals surface area contributed by atoms with Crippen molar-refractivity contribution in [3.63, 3.8) is 0 Å². The number of aryl methyl sites for hydroxylation is 2. The van der Waals surface area contributed by atoms with Gasteiger partial charge in [0, 0.05) is 25.2 Å². The molecule has 0 atom stereocenters. The standard InChI is InChI=1S/C14H19N3O4S/c1-10-7-13(17(18)19)8-11(2)14(10)22(20,21)16-9-12-3-5-15-6-4-12/h3,7-8,15-16H,4-6,9H2,1-2H3. The molecule has 0 fully saturated rings. The smallest absolute Gasteiger partial charge is 0.270 e. The summed E-state index contributed by atoms with van der Waals surface area (Å²) in [6.07, 6.45) is 2.78. The van der Waals surface area contributed by atoms with Crippen molar-refractivity contribution in [2.75, 3.05) is 19.6 Å². The van der Waals surface area contributed by atoms with Gasteiger partial charge in [-0.25, -0.2) is 13.1 Å². The normalized spacial score (nSPS) is 15.5. The summed E-state index contributed by atoms with van der Waals surface area (Å²) in [7, 11) is -3.70. The summed E-state index contributed by atoms with van der Waals surface area (Å²) < 4.78 is 27.5. The van der Waals surface area contributed by atoms with Gasteiger partial charge in [0.05, 0.1) is 9.82 Å².